The molecular weight excluding hydrogens is 212 g/mol. The highest BCUT2D eigenvalue weighted by Gasteiger charge is 2.32. The summed E-state index contributed by atoms with van der Waals surface area (Å²) in [5, 5.41) is 9.53. The molecule has 1 unspecified atom stereocenters. The zero-order valence-corrected chi connectivity index (χ0v) is 9.14. The molecule has 1 aliphatic heterocycles. The monoisotopic (exact) mass is 226 g/mol. The fourth-order valence-electron chi connectivity index (χ4n) is 1.77. The minimum absolute atomic E-state index is 0.302. The molecule has 0 saturated carbocycles. The summed E-state index contributed by atoms with van der Waals surface area (Å²) in [5.74, 6) is 0. The molecule has 0 radical (unpaired) electrons. The summed E-state index contributed by atoms with van der Waals surface area (Å²) in [6.07, 6.45) is 0.421. The molecule has 1 fully saturated rings. The van der Waals surface area contributed by atoms with Crippen molar-refractivity contribution in [3.8, 4) is 0 Å². The Morgan fingerprint density at radius 3 is 2.81 bits per heavy atom. The first-order valence-corrected chi connectivity index (χ1v) is 5.14. The van der Waals surface area contributed by atoms with Crippen LogP contribution in [0, 0.1) is 6.92 Å². The third-order valence-corrected chi connectivity index (χ3v) is 2.81. The predicted octanol–water partition coefficient (Wildman–Crippen LogP) is -0.487. The number of nitrogens with zero attached hydrogens (tertiary/aromatic N) is 1. The van der Waals surface area contributed by atoms with Crippen LogP contribution in [0.15, 0.2) is 15.8 Å². The number of aliphatic hydroxyl groups excluding tert-OH is 1. The van der Waals surface area contributed by atoms with Crippen molar-refractivity contribution in [2.75, 3.05) is 0 Å². The second kappa shape index (κ2) is 3.88. The molecule has 1 saturated heterocycles. The maximum atomic E-state index is 11.5. The maximum Gasteiger partial charge on any atom is 0.330 e. The molecule has 0 amide bonds. The van der Waals surface area contributed by atoms with Gasteiger partial charge in [0.2, 0.25) is 0 Å². The lowest BCUT2D eigenvalue weighted by molar-refractivity contribution is -0.0102. The fraction of sp³-hybridized carbons (Fsp3) is 0.600. The maximum absolute atomic E-state index is 11.5. The average molecular weight is 226 g/mol. The molecule has 2 N–H and O–H groups in total. The summed E-state index contributed by atoms with van der Waals surface area (Å²) >= 11 is 0. The minimum atomic E-state index is -0.580. The first-order valence-electron chi connectivity index (χ1n) is 5.14. The zero-order valence-electron chi connectivity index (χ0n) is 9.14. The van der Waals surface area contributed by atoms with E-state index in [1.807, 2.05) is 0 Å². The van der Waals surface area contributed by atoms with Crippen LogP contribution in [0.25, 0.3) is 0 Å². The van der Waals surface area contributed by atoms with Crippen LogP contribution in [-0.2, 0) is 4.74 Å². The van der Waals surface area contributed by atoms with Crippen LogP contribution in [-0.4, -0.2) is 26.9 Å². The van der Waals surface area contributed by atoms with Crippen molar-refractivity contribution in [3.05, 3.63) is 32.6 Å². The van der Waals surface area contributed by atoms with E-state index in [9.17, 15) is 14.7 Å². The van der Waals surface area contributed by atoms with Gasteiger partial charge in [0.15, 0.2) is 0 Å². The van der Waals surface area contributed by atoms with Crippen molar-refractivity contribution in [1.29, 1.82) is 0 Å². The Morgan fingerprint density at radius 1 is 1.56 bits per heavy atom. The second-order valence-electron chi connectivity index (χ2n) is 4.08. The van der Waals surface area contributed by atoms with Gasteiger partial charge in [-0.25, -0.2) is 4.79 Å². The van der Waals surface area contributed by atoms with E-state index in [0.717, 1.165) is 0 Å². The number of rotatable bonds is 1. The molecule has 0 spiro atoms. The Kier molecular flexibility index (Phi) is 2.69. The Bertz CT molecular complexity index is 494. The molecule has 6 heteroatoms. The van der Waals surface area contributed by atoms with Crippen LogP contribution in [0.1, 0.15) is 25.1 Å². The molecule has 0 bridgehead atoms. The van der Waals surface area contributed by atoms with Crippen molar-refractivity contribution in [2.45, 2.75) is 38.7 Å². The van der Waals surface area contributed by atoms with Gasteiger partial charge in [0.25, 0.3) is 5.56 Å². The van der Waals surface area contributed by atoms with Crippen molar-refractivity contribution >= 4 is 0 Å². The van der Waals surface area contributed by atoms with E-state index in [1.165, 1.54) is 10.8 Å². The lowest BCUT2D eigenvalue weighted by atomic mass is 10.2. The lowest BCUT2D eigenvalue weighted by Crippen LogP contribution is -2.33. The van der Waals surface area contributed by atoms with Crippen molar-refractivity contribution in [3.63, 3.8) is 0 Å². The summed E-state index contributed by atoms with van der Waals surface area (Å²) in [4.78, 5) is 24.9. The average Bonchev–Trinajstić information content (AvgIpc) is 2.53. The van der Waals surface area contributed by atoms with Gasteiger partial charge in [-0.2, -0.15) is 0 Å². The van der Waals surface area contributed by atoms with Crippen LogP contribution in [0.2, 0.25) is 0 Å². The number of hydrogen-bond donors (Lipinski definition) is 2. The number of aromatic nitrogens is 2. The van der Waals surface area contributed by atoms with Gasteiger partial charge >= 0.3 is 5.69 Å². The standard InChI is InChI=1S/C10H14N2O4/c1-5-4-12(10(15)11-9(5)14)8-3-7(13)6(2)16-8/h4,6-8,13H,3H2,1-2H3,(H,11,14,15)/t6-,7+,8?/m1/s1. The van der Waals surface area contributed by atoms with Gasteiger partial charge in [-0.05, 0) is 13.8 Å². The lowest BCUT2D eigenvalue weighted by Gasteiger charge is -2.13. The molecule has 6 nitrogen and oxygen atoms in total. The highest BCUT2D eigenvalue weighted by molar-refractivity contribution is 5.01. The first kappa shape index (κ1) is 11.1. The molecule has 1 aromatic rings. The molecule has 1 aromatic heterocycles. The first-order chi connectivity index (χ1) is 7.49. The van der Waals surface area contributed by atoms with Gasteiger partial charge in [0, 0.05) is 18.2 Å². The van der Waals surface area contributed by atoms with Crippen LogP contribution in [0.3, 0.4) is 0 Å². The number of aliphatic hydroxyl groups is 1. The Hall–Kier alpha value is -1.40. The van der Waals surface area contributed by atoms with Crippen molar-refractivity contribution in [2.24, 2.45) is 0 Å². The molecule has 2 heterocycles. The number of aryl methyl sites for hydroxylation is 1. The highest BCUT2D eigenvalue weighted by atomic mass is 16.5. The van der Waals surface area contributed by atoms with Crippen LogP contribution < -0.4 is 11.2 Å². The van der Waals surface area contributed by atoms with Gasteiger partial charge in [-0.1, -0.05) is 0 Å². The second-order valence-corrected chi connectivity index (χ2v) is 4.08. The minimum Gasteiger partial charge on any atom is -0.390 e. The molecule has 1 aliphatic rings. The smallest absolute Gasteiger partial charge is 0.330 e. The quantitative estimate of drug-likeness (QED) is 0.677. The largest absolute Gasteiger partial charge is 0.390 e. The normalized spacial score (nSPS) is 29.6. The Balaban J connectivity index is 2.39. The van der Waals surface area contributed by atoms with Crippen LogP contribution in [0.4, 0.5) is 0 Å². The van der Waals surface area contributed by atoms with E-state index in [0.29, 0.717) is 12.0 Å². The molecule has 2 rings (SSSR count). The summed E-state index contributed by atoms with van der Waals surface area (Å²) in [6, 6.07) is 0. The van der Waals surface area contributed by atoms with Crippen LogP contribution >= 0.6 is 0 Å². The van der Waals surface area contributed by atoms with Gasteiger partial charge in [-0.3, -0.25) is 14.3 Å². The Labute approximate surface area is 91.5 Å². The highest BCUT2D eigenvalue weighted by Crippen LogP contribution is 2.26. The summed E-state index contributed by atoms with van der Waals surface area (Å²) in [5.41, 5.74) is -0.466. The van der Waals surface area contributed by atoms with Crippen molar-refractivity contribution < 1.29 is 9.84 Å². The number of H-pyrrole nitrogens is 1. The topological polar surface area (TPSA) is 84.3 Å². The number of nitrogens with one attached hydrogen (secondary N) is 1. The molecule has 0 aromatic carbocycles. The van der Waals surface area contributed by atoms with E-state index < -0.39 is 23.6 Å². The fourth-order valence-corrected chi connectivity index (χ4v) is 1.77. The zero-order chi connectivity index (χ0) is 11.9. The van der Waals surface area contributed by atoms with Gasteiger partial charge < -0.3 is 9.84 Å². The van der Waals surface area contributed by atoms with E-state index in [-0.39, 0.29) is 6.10 Å². The third kappa shape index (κ3) is 1.81. The Morgan fingerprint density at radius 2 is 2.25 bits per heavy atom. The van der Waals surface area contributed by atoms with E-state index in [4.69, 9.17) is 4.74 Å². The number of hydrogen-bond acceptors (Lipinski definition) is 4. The van der Waals surface area contributed by atoms with E-state index >= 15 is 0 Å². The van der Waals surface area contributed by atoms with E-state index in [1.54, 1.807) is 13.8 Å². The molecule has 16 heavy (non-hydrogen) atoms. The summed E-state index contributed by atoms with van der Waals surface area (Å²) in [6.45, 7) is 3.36. The number of aromatic amines is 1. The molecule has 88 valence electrons. The van der Waals surface area contributed by atoms with Crippen LogP contribution in [0.5, 0.6) is 0 Å². The number of ether oxygens (including phenoxy) is 1. The van der Waals surface area contributed by atoms with E-state index in [2.05, 4.69) is 4.98 Å². The third-order valence-electron chi connectivity index (χ3n) is 2.81. The molecule has 0 aliphatic carbocycles. The van der Waals surface area contributed by atoms with Crippen molar-refractivity contribution in [1.82, 2.24) is 9.55 Å². The summed E-state index contributed by atoms with van der Waals surface area (Å²) < 4.78 is 6.74. The predicted molar refractivity (Wildman–Crippen MR) is 56.3 cm³/mol. The SMILES string of the molecule is Cc1cn(C2C[C@H](O)[C@@H](C)O2)c(=O)[nH]c1=O. The molecule has 3 atom stereocenters. The van der Waals surface area contributed by atoms with Gasteiger partial charge in [0.1, 0.15) is 6.23 Å². The van der Waals surface area contributed by atoms with Gasteiger partial charge in [0.05, 0.1) is 12.2 Å². The van der Waals surface area contributed by atoms with Gasteiger partial charge in [-0.15, -0.1) is 0 Å². The molecular formula is C10H14N2O4. The summed E-state index contributed by atoms with van der Waals surface area (Å²) in [7, 11) is 0.